The Hall–Kier alpha value is -2.04. The lowest BCUT2D eigenvalue weighted by atomic mass is 9.90. The van der Waals surface area contributed by atoms with Gasteiger partial charge in [-0.1, -0.05) is 34.9 Å². The number of nitrogens with zero attached hydrogens (tertiary/aromatic N) is 3. The van der Waals surface area contributed by atoms with Crippen LogP contribution in [0.5, 0.6) is 0 Å². The van der Waals surface area contributed by atoms with E-state index in [1.807, 2.05) is 31.2 Å². The number of aryl methyl sites for hydroxylation is 1. The van der Waals surface area contributed by atoms with Gasteiger partial charge in [-0.2, -0.15) is 0 Å². The van der Waals surface area contributed by atoms with E-state index < -0.39 is 11.4 Å². The number of nitrogens with one attached hydrogen (secondary N) is 1. The highest BCUT2D eigenvalue weighted by molar-refractivity contribution is 5.85. The molecule has 0 aliphatic carbocycles. The van der Waals surface area contributed by atoms with E-state index in [9.17, 15) is 4.79 Å². The Balaban J connectivity index is 2.76. The molecule has 0 spiro atoms. The first-order chi connectivity index (χ1) is 9.00. The van der Waals surface area contributed by atoms with Crippen LogP contribution >= 0.6 is 0 Å². The first-order valence-corrected chi connectivity index (χ1v) is 6.13. The number of amides is 1. The molecule has 3 N–H and O–H groups in total. The Labute approximate surface area is 112 Å². The maximum Gasteiger partial charge on any atom is 0.242 e. The topological polar surface area (TPSA) is 104 Å². The van der Waals surface area contributed by atoms with Crippen LogP contribution in [0.2, 0.25) is 0 Å². The van der Waals surface area contributed by atoms with Gasteiger partial charge >= 0.3 is 0 Å². The van der Waals surface area contributed by atoms with Gasteiger partial charge in [0.25, 0.3) is 0 Å². The molecule has 102 valence electrons. The summed E-state index contributed by atoms with van der Waals surface area (Å²) in [5.41, 5.74) is 14.7. The summed E-state index contributed by atoms with van der Waals surface area (Å²) >= 11 is 0. The van der Waals surface area contributed by atoms with Crippen molar-refractivity contribution in [2.24, 2.45) is 10.8 Å². The van der Waals surface area contributed by atoms with Gasteiger partial charge in [0.2, 0.25) is 5.91 Å². The molecule has 1 rings (SSSR count). The maximum absolute atomic E-state index is 11.7. The Morgan fingerprint density at radius 3 is 2.63 bits per heavy atom. The van der Waals surface area contributed by atoms with Crippen LogP contribution in [-0.2, 0) is 10.3 Å². The quantitative estimate of drug-likeness (QED) is 0.339. The summed E-state index contributed by atoms with van der Waals surface area (Å²) in [7, 11) is 0. The number of rotatable bonds is 7. The van der Waals surface area contributed by atoms with E-state index in [4.69, 9.17) is 11.3 Å². The van der Waals surface area contributed by atoms with Crippen molar-refractivity contribution in [3.05, 3.63) is 45.8 Å². The number of hydrogen-bond donors (Lipinski definition) is 2. The number of benzene rings is 1. The molecule has 0 saturated carbocycles. The van der Waals surface area contributed by atoms with Gasteiger partial charge in [0.05, 0.1) is 0 Å². The average Bonchev–Trinajstić information content (AvgIpc) is 2.38. The fourth-order valence-electron chi connectivity index (χ4n) is 1.75. The molecule has 0 heterocycles. The highest BCUT2D eigenvalue weighted by Crippen LogP contribution is 2.20. The summed E-state index contributed by atoms with van der Waals surface area (Å²) in [6.07, 6.45) is 0.652. The van der Waals surface area contributed by atoms with Crippen molar-refractivity contribution in [3.8, 4) is 0 Å². The Kier molecular flexibility index (Phi) is 5.36. The number of hydrogen-bond acceptors (Lipinski definition) is 3. The monoisotopic (exact) mass is 261 g/mol. The number of azide groups is 1. The smallest absolute Gasteiger partial charge is 0.242 e. The summed E-state index contributed by atoms with van der Waals surface area (Å²) in [6, 6.07) is 7.66. The van der Waals surface area contributed by atoms with Crippen LogP contribution < -0.4 is 11.1 Å². The minimum absolute atomic E-state index is 0.395. The second-order valence-electron chi connectivity index (χ2n) is 4.59. The Bertz CT molecular complexity index is 478. The minimum Gasteiger partial charge on any atom is -0.368 e. The summed E-state index contributed by atoms with van der Waals surface area (Å²) in [4.78, 5) is 14.4. The zero-order valence-corrected chi connectivity index (χ0v) is 11.3. The minimum atomic E-state index is -0.913. The third-order valence-electron chi connectivity index (χ3n) is 3.10. The first kappa shape index (κ1) is 15.0. The maximum atomic E-state index is 11.7. The van der Waals surface area contributed by atoms with E-state index in [0.29, 0.717) is 19.5 Å². The fourth-order valence-corrected chi connectivity index (χ4v) is 1.75. The predicted octanol–water partition coefficient (Wildman–Crippen LogP) is 1.99. The van der Waals surface area contributed by atoms with Crippen LogP contribution in [0.4, 0.5) is 0 Å². The van der Waals surface area contributed by atoms with E-state index >= 15 is 0 Å². The van der Waals surface area contributed by atoms with Crippen LogP contribution in [0.1, 0.15) is 24.5 Å². The van der Waals surface area contributed by atoms with E-state index in [1.165, 1.54) is 0 Å². The third-order valence-corrected chi connectivity index (χ3v) is 3.10. The molecular weight excluding hydrogens is 242 g/mol. The molecule has 0 aliphatic heterocycles. The average molecular weight is 261 g/mol. The van der Waals surface area contributed by atoms with Crippen LogP contribution in [0.15, 0.2) is 29.4 Å². The first-order valence-electron chi connectivity index (χ1n) is 6.13. The molecule has 0 bridgehead atoms. The van der Waals surface area contributed by atoms with Crippen molar-refractivity contribution in [3.63, 3.8) is 0 Å². The molecule has 0 radical (unpaired) electrons. The summed E-state index contributed by atoms with van der Waals surface area (Å²) < 4.78 is 0. The summed E-state index contributed by atoms with van der Waals surface area (Å²) in [5, 5.41) is 6.58. The van der Waals surface area contributed by atoms with E-state index in [-0.39, 0.29) is 0 Å². The molecule has 1 aromatic rings. The Morgan fingerprint density at radius 2 is 2.11 bits per heavy atom. The van der Waals surface area contributed by atoms with Gasteiger partial charge in [0.15, 0.2) is 0 Å². The predicted molar refractivity (Wildman–Crippen MR) is 74.4 cm³/mol. The van der Waals surface area contributed by atoms with Gasteiger partial charge in [-0.3, -0.25) is 10.1 Å². The van der Waals surface area contributed by atoms with Crippen LogP contribution in [-0.4, -0.2) is 19.0 Å². The van der Waals surface area contributed by atoms with E-state index in [0.717, 1.165) is 11.1 Å². The third kappa shape index (κ3) is 3.98. The van der Waals surface area contributed by atoms with Gasteiger partial charge in [0, 0.05) is 11.5 Å². The van der Waals surface area contributed by atoms with Crippen molar-refractivity contribution < 1.29 is 4.79 Å². The lowest BCUT2D eigenvalue weighted by molar-refractivity contribution is -0.124. The summed E-state index contributed by atoms with van der Waals surface area (Å²) in [5.74, 6) is -0.430. The van der Waals surface area contributed by atoms with Crippen molar-refractivity contribution in [1.82, 2.24) is 5.32 Å². The lowest BCUT2D eigenvalue weighted by Gasteiger charge is -2.28. The number of carbonyl (C=O) groups excluding carboxylic acids is 1. The second kappa shape index (κ2) is 6.78. The van der Waals surface area contributed by atoms with Crippen molar-refractivity contribution in [2.45, 2.75) is 25.8 Å². The van der Waals surface area contributed by atoms with Gasteiger partial charge in [-0.25, -0.2) is 0 Å². The van der Waals surface area contributed by atoms with Crippen molar-refractivity contribution in [2.75, 3.05) is 13.1 Å². The standard InChI is InChI=1S/C13H19N5O/c1-10-4-6-11(7-5-10)13(2,12(14)19)16-8-3-9-17-18-15/h4-7,16H,3,8-9H2,1-2H3,(H2,14,19). The molecule has 1 amide bonds. The largest absolute Gasteiger partial charge is 0.368 e. The molecule has 1 atom stereocenters. The number of carbonyl (C=O) groups is 1. The normalized spacial score (nSPS) is 13.4. The van der Waals surface area contributed by atoms with Gasteiger partial charge < -0.3 is 5.73 Å². The van der Waals surface area contributed by atoms with Crippen LogP contribution in [0.25, 0.3) is 10.4 Å². The molecule has 0 aromatic heterocycles. The second-order valence-corrected chi connectivity index (χ2v) is 4.59. The molecule has 1 unspecified atom stereocenters. The molecular formula is C13H19N5O. The Morgan fingerprint density at radius 1 is 1.47 bits per heavy atom. The van der Waals surface area contributed by atoms with Gasteiger partial charge in [-0.05, 0) is 37.9 Å². The van der Waals surface area contributed by atoms with Crippen molar-refractivity contribution >= 4 is 5.91 Å². The van der Waals surface area contributed by atoms with E-state index in [2.05, 4.69) is 15.3 Å². The highest BCUT2D eigenvalue weighted by atomic mass is 16.1. The molecule has 0 saturated heterocycles. The zero-order chi connectivity index (χ0) is 14.3. The molecule has 19 heavy (non-hydrogen) atoms. The number of primary amides is 1. The zero-order valence-electron chi connectivity index (χ0n) is 11.3. The lowest BCUT2D eigenvalue weighted by Crippen LogP contribution is -2.50. The van der Waals surface area contributed by atoms with E-state index in [1.54, 1.807) is 6.92 Å². The van der Waals surface area contributed by atoms with Crippen LogP contribution in [0.3, 0.4) is 0 Å². The highest BCUT2D eigenvalue weighted by Gasteiger charge is 2.32. The molecule has 0 aliphatic rings. The fraction of sp³-hybridized carbons (Fsp3) is 0.462. The molecule has 0 fully saturated rings. The van der Waals surface area contributed by atoms with Gasteiger partial charge in [-0.15, -0.1) is 0 Å². The van der Waals surface area contributed by atoms with Gasteiger partial charge in [0.1, 0.15) is 5.54 Å². The van der Waals surface area contributed by atoms with Crippen LogP contribution in [0, 0.1) is 6.92 Å². The summed E-state index contributed by atoms with van der Waals surface area (Å²) in [6.45, 7) is 4.69. The van der Waals surface area contributed by atoms with Crippen molar-refractivity contribution in [1.29, 1.82) is 0 Å². The molecule has 6 heteroatoms. The SMILES string of the molecule is Cc1ccc(C(C)(NCCCN=[N+]=[N-])C(N)=O)cc1. The molecule has 1 aromatic carbocycles. The number of nitrogens with two attached hydrogens (primary N) is 1. The molecule has 6 nitrogen and oxygen atoms in total.